The summed E-state index contributed by atoms with van der Waals surface area (Å²) in [6, 6.07) is 23.4. The Morgan fingerprint density at radius 2 is 1.71 bits per heavy atom. The predicted molar refractivity (Wildman–Crippen MR) is 115 cm³/mol. The monoisotopic (exact) mass is 435 g/mol. The van der Waals surface area contributed by atoms with Gasteiger partial charge in [-0.2, -0.15) is 0 Å². The minimum absolute atomic E-state index is 0. The van der Waals surface area contributed by atoms with Gasteiger partial charge in [-0.25, -0.2) is 4.57 Å². The van der Waals surface area contributed by atoms with E-state index in [1.54, 1.807) is 18.0 Å². The third-order valence-corrected chi connectivity index (χ3v) is 4.57. The van der Waals surface area contributed by atoms with Gasteiger partial charge in [0.2, 0.25) is 5.78 Å². The molecule has 5 heteroatoms. The summed E-state index contributed by atoms with van der Waals surface area (Å²) in [5, 5.41) is 2.05. The number of halogens is 1. The standard InChI is InChI=1S/C23H19N2O2.BrH/c1-27-19-11-9-18(10-12-19)22-13-14-25(16-24-22)15-23(26)21-8-4-6-17-5-2-3-7-20(17)21;/h2-14,16H,15H2,1H3;1H/q+1;. The van der Waals surface area contributed by atoms with E-state index < -0.39 is 0 Å². The van der Waals surface area contributed by atoms with Crippen molar-refractivity contribution < 1.29 is 14.1 Å². The average Bonchev–Trinajstić information content (AvgIpc) is 2.74. The van der Waals surface area contributed by atoms with Crippen molar-refractivity contribution in [2.24, 2.45) is 0 Å². The lowest BCUT2D eigenvalue weighted by Crippen LogP contribution is -2.37. The van der Waals surface area contributed by atoms with Gasteiger partial charge in [0, 0.05) is 17.2 Å². The van der Waals surface area contributed by atoms with Crippen LogP contribution in [0, 0.1) is 0 Å². The maximum Gasteiger partial charge on any atom is 0.287 e. The second-order valence-electron chi connectivity index (χ2n) is 6.30. The number of hydrogen-bond donors (Lipinski definition) is 0. The number of nitrogens with zero attached hydrogens (tertiary/aromatic N) is 2. The summed E-state index contributed by atoms with van der Waals surface area (Å²) in [4.78, 5) is 17.3. The minimum atomic E-state index is 0. The molecule has 0 saturated carbocycles. The SMILES string of the molecule is Br.COc1ccc(-c2cc[n+](CC(=O)c3cccc4ccccc34)cn2)cc1. The van der Waals surface area contributed by atoms with Gasteiger partial charge >= 0.3 is 0 Å². The molecule has 4 nitrogen and oxygen atoms in total. The maximum atomic E-state index is 12.8. The molecule has 28 heavy (non-hydrogen) atoms. The number of carbonyl (C=O) groups excluding carboxylic acids is 1. The number of fused-ring (bicyclic) bond motifs is 1. The highest BCUT2D eigenvalue weighted by atomic mass is 79.9. The van der Waals surface area contributed by atoms with Crippen LogP contribution in [0.3, 0.4) is 0 Å². The van der Waals surface area contributed by atoms with Gasteiger partial charge < -0.3 is 4.74 Å². The summed E-state index contributed by atoms with van der Waals surface area (Å²) in [6.45, 7) is 0.254. The third-order valence-electron chi connectivity index (χ3n) is 4.57. The molecule has 0 aliphatic rings. The summed E-state index contributed by atoms with van der Waals surface area (Å²) in [5.41, 5.74) is 2.59. The fourth-order valence-electron chi connectivity index (χ4n) is 3.13. The topological polar surface area (TPSA) is 43.1 Å². The van der Waals surface area contributed by atoms with Crippen molar-refractivity contribution in [3.63, 3.8) is 0 Å². The Labute approximate surface area is 174 Å². The van der Waals surface area contributed by atoms with Crippen molar-refractivity contribution in [2.45, 2.75) is 6.54 Å². The number of carbonyl (C=O) groups is 1. The number of benzene rings is 3. The fraction of sp³-hybridized carbons (Fsp3) is 0.0870. The molecule has 1 heterocycles. The first-order valence-corrected chi connectivity index (χ1v) is 8.75. The molecule has 0 radical (unpaired) electrons. The summed E-state index contributed by atoms with van der Waals surface area (Å²) in [5.74, 6) is 0.876. The molecule has 4 rings (SSSR count). The van der Waals surface area contributed by atoms with E-state index in [9.17, 15) is 4.79 Å². The number of hydrogen-bond acceptors (Lipinski definition) is 3. The first-order chi connectivity index (χ1) is 13.2. The lowest BCUT2D eigenvalue weighted by atomic mass is 10.0. The van der Waals surface area contributed by atoms with E-state index >= 15 is 0 Å². The van der Waals surface area contributed by atoms with Crippen LogP contribution in [-0.4, -0.2) is 17.9 Å². The summed E-state index contributed by atoms with van der Waals surface area (Å²) < 4.78 is 6.98. The van der Waals surface area contributed by atoms with Crippen molar-refractivity contribution in [2.75, 3.05) is 7.11 Å². The lowest BCUT2D eigenvalue weighted by molar-refractivity contribution is -0.686. The molecule has 0 spiro atoms. The highest BCUT2D eigenvalue weighted by Crippen LogP contribution is 2.20. The van der Waals surface area contributed by atoms with E-state index in [-0.39, 0.29) is 29.3 Å². The van der Waals surface area contributed by atoms with Gasteiger partial charge in [0.25, 0.3) is 6.33 Å². The molecule has 0 saturated heterocycles. The molecule has 4 aromatic rings. The molecule has 0 bridgehead atoms. The fourth-order valence-corrected chi connectivity index (χ4v) is 3.13. The number of Topliss-reactive ketones (excluding diaryl/α,β-unsaturated/α-hetero) is 1. The largest absolute Gasteiger partial charge is 0.497 e. The number of ether oxygens (including phenoxy) is 1. The Morgan fingerprint density at radius 1 is 0.964 bits per heavy atom. The van der Waals surface area contributed by atoms with E-state index in [1.807, 2.05) is 79.0 Å². The van der Waals surface area contributed by atoms with Crippen LogP contribution in [0.4, 0.5) is 0 Å². The summed E-state index contributed by atoms with van der Waals surface area (Å²) in [6.07, 6.45) is 3.58. The van der Waals surface area contributed by atoms with Gasteiger partial charge in [-0.05, 0) is 40.0 Å². The highest BCUT2D eigenvalue weighted by Gasteiger charge is 2.14. The van der Waals surface area contributed by atoms with E-state index in [0.29, 0.717) is 0 Å². The molecular weight excluding hydrogens is 416 g/mol. The summed E-state index contributed by atoms with van der Waals surface area (Å²) >= 11 is 0. The maximum absolute atomic E-state index is 12.8. The molecule has 0 unspecified atom stereocenters. The first kappa shape index (κ1) is 19.7. The van der Waals surface area contributed by atoms with E-state index in [2.05, 4.69) is 4.98 Å². The molecule has 0 atom stereocenters. The molecule has 3 aromatic carbocycles. The highest BCUT2D eigenvalue weighted by molar-refractivity contribution is 8.93. The predicted octanol–water partition coefficient (Wildman–Crippen LogP) is 4.66. The Balaban J connectivity index is 0.00000225. The molecule has 0 aliphatic carbocycles. The van der Waals surface area contributed by atoms with E-state index in [0.717, 1.165) is 33.3 Å². The molecule has 0 fully saturated rings. The van der Waals surface area contributed by atoms with Crippen molar-refractivity contribution in [1.29, 1.82) is 0 Å². The lowest BCUT2D eigenvalue weighted by Gasteiger charge is -2.05. The van der Waals surface area contributed by atoms with Gasteiger partial charge in [0.15, 0.2) is 12.2 Å². The van der Waals surface area contributed by atoms with Crippen LogP contribution in [0.2, 0.25) is 0 Å². The van der Waals surface area contributed by atoms with Crippen LogP contribution in [0.1, 0.15) is 10.4 Å². The van der Waals surface area contributed by atoms with Crippen LogP contribution < -0.4 is 9.30 Å². The molecule has 1 aromatic heterocycles. The average molecular weight is 436 g/mol. The number of aromatic nitrogens is 2. The van der Waals surface area contributed by atoms with Crippen LogP contribution in [-0.2, 0) is 6.54 Å². The Morgan fingerprint density at radius 3 is 2.43 bits per heavy atom. The van der Waals surface area contributed by atoms with Gasteiger partial charge in [0.1, 0.15) is 5.75 Å². The van der Waals surface area contributed by atoms with Crippen LogP contribution in [0.25, 0.3) is 22.0 Å². The number of methoxy groups -OCH3 is 1. The third kappa shape index (κ3) is 4.10. The quantitative estimate of drug-likeness (QED) is 0.338. The van der Waals surface area contributed by atoms with Gasteiger partial charge in [0.05, 0.1) is 13.3 Å². The Bertz CT molecular complexity index is 1090. The van der Waals surface area contributed by atoms with Gasteiger partial charge in [-0.15, -0.1) is 17.0 Å². The zero-order valence-electron chi connectivity index (χ0n) is 15.4. The van der Waals surface area contributed by atoms with Crippen molar-refractivity contribution in [1.82, 2.24) is 4.98 Å². The van der Waals surface area contributed by atoms with Crippen LogP contribution in [0.5, 0.6) is 5.75 Å². The number of ketones is 1. The zero-order valence-corrected chi connectivity index (χ0v) is 17.1. The second-order valence-corrected chi connectivity index (χ2v) is 6.30. The van der Waals surface area contributed by atoms with Gasteiger partial charge in [-0.3, -0.25) is 4.79 Å². The smallest absolute Gasteiger partial charge is 0.287 e. The molecule has 140 valence electrons. The van der Waals surface area contributed by atoms with E-state index in [4.69, 9.17) is 4.74 Å². The summed E-state index contributed by atoms with van der Waals surface area (Å²) in [7, 11) is 1.64. The molecular formula is C23H20BrN2O2+. The molecule has 0 aliphatic heterocycles. The molecule has 0 amide bonds. The normalized spacial score (nSPS) is 10.3. The second kappa shape index (κ2) is 8.76. The van der Waals surface area contributed by atoms with Crippen LogP contribution >= 0.6 is 17.0 Å². The first-order valence-electron chi connectivity index (χ1n) is 8.75. The van der Waals surface area contributed by atoms with Crippen molar-refractivity contribution in [3.05, 3.63) is 90.9 Å². The van der Waals surface area contributed by atoms with Crippen molar-refractivity contribution >= 4 is 33.5 Å². The van der Waals surface area contributed by atoms with Crippen LogP contribution in [0.15, 0.2) is 85.3 Å². The van der Waals surface area contributed by atoms with E-state index in [1.165, 1.54) is 0 Å². The Kier molecular flexibility index (Phi) is 6.16. The number of rotatable bonds is 5. The Hall–Kier alpha value is -3.05. The molecule has 0 N–H and O–H groups in total. The minimum Gasteiger partial charge on any atom is -0.497 e. The van der Waals surface area contributed by atoms with Crippen molar-refractivity contribution in [3.8, 4) is 17.0 Å². The zero-order chi connectivity index (χ0) is 18.6. The van der Waals surface area contributed by atoms with Gasteiger partial charge in [-0.1, -0.05) is 42.5 Å².